The van der Waals surface area contributed by atoms with Crippen LogP contribution in [0.25, 0.3) is 0 Å². The number of aliphatic hydroxyl groups excluding tert-OH is 3. The Morgan fingerprint density at radius 2 is 1.51 bits per heavy atom. The lowest BCUT2D eigenvalue weighted by atomic mass is 9.67. The summed E-state index contributed by atoms with van der Waals surface area (Å²) in [6.45, 7) is 17.7. The van der Waals surface area contributed by atoms with Crippen molar-refractivity contribution in [3.8, 4) is 0 Å². The number of aliphatic carboxylic acids is 1. The molecule has 5 N–H and O–H groups in total. The van der Waals surface area contributed by atoms with Crippen LogP contribution < -0.4 is 0 Å². The molecule has 57 heavy (non-hydrogen) atoms. The number of carboxylic acid groups (broad SMARTS) is 1. The van der Waals surface area contributed by atoms with E-state index >= 15 is 0 Å². The maximum absolute atomic E-state index is 14.4. The molecule has 4 unspecified atom stereocenters. The molecular formula is C42H73NO14. The summed E-state index contributed by atoms with van der Waals surface area (Å²) < 4.78 is 38.2. The second kappa shape index (κ2) is 18.4. The Bertz CT molecular complexity index is 1400. The molecule has 4 aliphatic rings. The summed E-state index contributed by atoms with van der Waals surface area (Å²) in [6, 6.07) is -0.436. The van der Waals surface area contributed by atoms with E-state index in [-0.39, 0.29) is 37.1 Å². The molecule has 15 nitrogen and oxygen atoms in total. The first-order chi connectivity index (χ1) is 26.4. The topological polar surface area (TPSA) is 211 Å². The molecule has 0 bridgehead atoms. The van der Waals surface area contributed by atoms with Crippen molar-refractivity contribution in [2.75, 3.05) is 27.8 Å². The molecule has 0 amide bonds. The zero-order chi connectivity index (χ0) is 43.1. The van der Waals surface area contributed by atoms with E-state index in [1.807, 2.05) is 32.7 Å². The second-order valence-corrected chi connectivity index (χ2v) is 18.6. The number of ketones is 1. The van der Waals surface area contributed by atoms with Crippen molar-refractivity contribution in [2.24, 2.45) is 41.4 Å². The van der Waals surface area contributed by atoms with Gasteiger partial charge >= 0.3 is 11.9 Å². The lowest BCUT2D eigenvalue weighted by Crippen LogP contribution is -2.62. The number of ether oxygens (including phenoxy) is 6. The number of nitrogens with zero attached hydrogens (tertiary/aromatic N) is 1. The van der Waals surface area contributed by atoms with Crippen LogP contribution in [0, 0.1) is 41.4 Å². The lowest BCUT2D eigenvalue weighted by molar-refractivity contribution is -0.305. The number of hydrogen-bond acceptors (Lipinski definition) is 14. The zero-order valence-electron chi connectivity index (χ0n) is 36.4. The Morgan fingerprint density at radius 1 is 0.895 bits per heavy atom. The van der Waals surface area contributed by atoms with E-state index in [1.54, 1.807) is 41.5 Å². The van der Waals surface area contributed by atoms with E-state index in [0.29, 0.717) is 19.4 Å². The van der Waals surface area contributed by atoms with Crippen molar-refractivity contribution in [1.29, 1.82) is 0 Å². The smallest absolute Gasteiger partial charge is 0.309 e. The summed E-state index contributed by atoms with van der Waals surface area (Å²) in [5.74, 6) is -6.32. The Balaban J connectivity index is 1.84. The fraction of sp³-hybridized carbons (Fsp3) is 0.929. The van der Waals surface area contributed by atoms with Gasteiger partial charge in [-0.05, 0) is 79.2 Å². The van der Waals surface area contributed by atoms with Gasteiger partial charge in [0.25, 0.3) is 0 Å². The molecule has 20 atom stereocenters. The highest BCUT2D eigenvalue weighted by molar-refractivity contribution is 5.83. The van der Waals surface area contributed by atoms with Crippen LogP contribution in [0.1, 0.15) is 101 Å². The molecule has 0 aromatic rings. The number of esters is 1. The number of hydrogen-bond donors (Lipinski definition) is 5. The minimum atomic E-state index is -1.97. The number of carbonyl (C=O) groups is 3. The summed E-state index contributed by atoms with van der Waals surface area (Å²) in [5, 5.41) is 56.0. The Kier molecular flexibility index (Phi) is 15.5. The number of methoxy groups -OCH3 is 2. The van der Waals surface area contributed by atoms with Crippen molar-refractivity contribution in [2.45, 2.75) is 179 Å². The molecule has 4 rings (SSSR count). The molecule has 3 saturated heterocycles. The maximum Gasteiger partial charge on any atom is 0.309 e. The van der Waals surface area contributed by atoms with Crippen LogP contribution in [0.15, 0.2) is 0 Å². The van der Waals surface area contributed by atoms with Crippen molar-refractivity contribution >= 4 is 17.7 Å². The minimum Gasteiger partial charge on any atom is -0.481 e. The fourth-order valence-electron chi connectivity index (χ4n) is 10.3. The Morgan fingerprint density at radius 3 is 2.05 bits per heavy atom. The first-order valence-corrected chi connectivity index (χ1v) is 20.9. The molecule has 3 aliphatic heterocycles. The number of likely N-dealkylation sites (N-methyl/N-ethyl adjacent to an activating group) is 1. The van der Waals surface area contributed by atoms with Gasteiger partial charge in [0.15, 0.2) is 6.29 Å². The van der Waals surface area contributed by atoms with E-state index in [9.17, 15) is 39.9 Å². The predicted molar refractivity (Wildman–Crippen MR) is 208 cm³/mol. The van der Waals surface area contributed by atoms with Gasteiger partial charge in [-0.25, -0.2) is 0 Å². The number of Topliss-reactive ketones (excluding diaryl/α,β-unsaturated/α-hetero) is 1. The van der Waals surface area contributed by atoms with Crippen molar-refractivity contribution in [1.82, 2.24) is 4.90 Å². The number of rotatable bonds is 10. The molecule has 1 aliphatic carbocycles. The van der Waals surface area contributed by atoms with Crippen molar-refractivity contribution in [3.63, 3.8) is 0 Å². The second-order valence-electron chi connectivity index (χ2n) is 18.6. The van der Waals surface area contributed by atoms with E-state index in [0.717, 1.165) is 0 Å². The van der Waals surface area contributed by atoms with Gasteiger partial charge in [0.05, 0.1) is 53.6 Å². The van der Waals surface area contributed by atoms with E-state index in [4.69, 9.17) is 28.4 Å². The predicted octanol–water partition coefficient (Wildman–Crippen LogP) is 2.80. The van der Waals surface area contributed by atoms with Crippen LogP contribution in [0.3, 0.4) is 0 Å². The van der Waals surface area contributed by atoms with E-state index in [1.165, 1.54) is 21.1 Å². The number of cyclic esters (lactones) is 1. The molecule has 1 saturated carbocycles. The number of aliphatic hydroxyl groups is 4. The van der Waals surface area contributed by atoms with Gasteiger partial charge in [-0.2, -0.15) is 0 Å². The third-order valence-corrected chi connectivity index (χ3v) is 14.3. The van der Waals surface area contributed by atoms with Gasteiger partial charge in [0, 0.05) is 51.0 Å². The summed E-state index contributed by atoms with van der Waals surface area (Å²) in [6.07, 6.45) is -7.36. The van der Waals surface area contributed by atoms with Crippen LogP contribution in [-0.4, -0.2) is 154 Å². The average Bonchev–Trinajstić information content (AvgIpc) is 3.93. The zero-order valence-corrected chi connectivity index (χ0v) is 36.4. The van der Waals surface area contributed by atoms with Crippen LogP contribution in [0.5, 0.6) is 0 Å². The molecule has 0 aromatic carbocycles. The Labute approximate surface area is 339 Å². The quantitative estimate of drug-likeness (QED) is 0.201. The number of carboxylic acids is 1. The largest absolute Gasteiger partial charge is 0.481 e. The van der Waals surface area contributed by atoms with Gasteiger partial charge in [-0.1, -0.05) is 34.6 Å². The fourth-order valence-corrected chi connectivity index (χ4v) is 10.3. The Hall–Kier alpha value is -1.79. The monoisotopic (exact) mass is 816 g/mol. The molecule has 0 spiro atoms. The number of carbonyl (C=O) groups excluding carboxylic acids is 2. The van der Waals surface area contributed by atoms with E-state index < -0.39 is 119 Å². The lowest BCUT2D eigenvalue weighted by Gasteiger charge is -2.52. The summed E-state index contributed by atoms with van der Waals surface area (Å²) >= 11 is 0. The molecule has 3 heterocycles. The normalized spacial score (nSPS) is 49.3. The highest BCUT2D eigenvalue weighted by Gasteiger charge is 2.56. The van der Waals surface area contributed by atoms with Crippen LogP contribution in [0.4, 0.5) is 0 Å². The molecule has 0 aromatic heterocycles. The van der Waals surface area contributed by atoms with Crippen LogP contribution in [-0.2, 0) is 42.8 Å². The van der Waals surface area contributed by atoms with Gasteiger partial charge in [-0.3, -0.25) is 14.4 Å². The molecule has 330 valence electrons. The van der Waals surface area contributed by atoms with Gasteiger partial charge < -0.3 is 58.9 Å². The SMILES string of the molecule is CC[C@H]1OC(=O)[C@H](C)C([C@H]2C[C@@](C)(OC)[C@@H](O)[C@H](C)O2)[C@H](C)[C@@H](O[C@@H]2OC(C)C[C@H](N(C)CC3CC3C(=O)O)[C@H]2O)[C@](C)(OC)C[C@@H](C)C(=O)[C@H](C)[C@@H](O)[C@]1(C)O. The molecular weight excluding hydrogens is 742 g/mol. The standard InChI is InChI=1S/C42H73NO14/c1-14-30-42(10,51)34(46)24(6)32(44)20(2)17-41(9,53-13)36(57-39-33(45)28(15-21(3)54-39)43(11)19-26-16-27(26)37(48)49)22(4)31(23(5)38(50)56-30)29-18-40(8,52-12)35(47)25(7)55-29/h20-31,33-36,39,45-47,51H,14-19H2,1-13H3,(H,48,49)/t20-,21?,22+,23-,24+,25+,26?,27?,28+,29-,30-,31?,33-,34-,35+,36-,39+,40-,41-,42-/m1/s1. The van der Waals surface area contributed by atoms with Crippen LogP contribution in [0.2, 0.25) is 0 Å². The minimum absolute atomic E-state index is 0.0271. The van der Waals surface area contributed by atoms with Gasteiger partial charge in [0.2, 0.25) is 0 Å². The first kappa shape index (κ1) is 47.9. The van der Waals surface area contributed by atoms with E-state index in [2.05, 4.69) is 0 Å². The average molecular weight is 816 g/mol. The first-order valence-electron chi connectivity index (χ1n) is 20.9. The molecule has 0 radical (unpaired) electrons. The third kappa shape index (κ3) is 9.89. The van der Waals surface area contributed by atoms with Gasteiger partial charge in [-0.15, -0.1) is 0 Å². The van der Waals surface area contributed by atoms with Crippen molar-refractivity contribution < 1.29 is 68.3 Å². The summed E-state index contributed by atoms with van der Waals surface area (Å²) in [5.41, 5.74) is -4.31. The van der Waals surface area contributed by atoms with Crippen molar-refractivity contribution in [3.05, 3.63) is 0 Å². The maximum atomic E-state index is 14.4. The van der Waals surface area contributed by atoms with Crippen LogP contribution >= 0.6 is 0 Å². The summed E-state index contributed by atoms with van der Waals surface area (Å²) in [7, 11) is 4.88. The highest BCUT2D eigenvalue weighted by Crippen LogP contribution is 2.46. The molecule has 15 heteroatoms. The highest BCUT2D eigenvalue weighted by atomic mass is 16.7. The summed E-state index contributed by atoms with van der Waals surface area (Å²) in [4.78, 5) is 42.1. The third-order valence-electron chi connectivity index (χ3n) is 14.3. The van der Waals surface area contributed by atoms with Gasteiger partial charge in [0.1, 0.15) is 29.7 Å². The molecule has 4 fully saturated rings.